The van der Waals surface area contributed by atoms with E-state index in [0.717, 1.165) is 36.5 Å². The number of rotatable bonds is 7. The molecule has 3 rings (SSSR count). The van der Waals surface area contributed by atoms with Crippen LogP contribution in [0.15, 0.2) is 48.5 Å². The van der Waals surface area contributed by atoms with E-state index in [4.69, 9.17) is 0 Å². The molecule has 8 nitrogen and oxygen atoms in total. The Bertz CT molecular complexity index is 971. The van der Waals surface area contributed by atoms with Gasteiger partial charge in [0.25, 0.3) is 0 Å². The van der Waals surface area contributed by atoms with Crippen LogP contribution in [0, 0.1) is 11.8 Å². The molecule has 0 bridgehead atoms. The molecule has 2 N–H and O–H groups in total. The van der Waals surface area contributed by atoms with Gasteiger partial charge >= 0.3 is 17.9 Å². The number of esters is 2. The average molecular weight is 425 g/mol. The summed E-state index contributed by atoms with van der Waals surface area (Å²) in [5.41, 5.74) is 3.33. The van der Waals surface area contributed by atoms with Gasteiger partial charge in [-0.25, -0.2) is 4.79 Å². The molecular weight excluding hydrogens is 402 g/mol. The molecule has 0 heterocycles. The summed E-state index contributed by atoms with van der Waals surface area (Å²) in [5, 5.41) is 12.3. The van der Waals surface area contributed by atoms with Crippen LogP contribution in [0.4, 0.5) is 0 Å². The highest BCUT2D eigenvalue weighted by atomic mass is 16.5. The van der Waals surface area contributed by atoms with Crippen molar-refractivity contribution >= 4 is 23.8 Å². The molecule has 2 atom stereocenters. The standard InChI is InChI=1S/C23H23NO7/c1-12(17(22(28)30-2)23(29)31-3)19(21(26)27)24-20(25)18-15-10-6-4-8-13(15)14-9-5-7-11-16(14)18/h4-12,17-19H,1-3H3,(H,24,25)(H,26,27)/t12-,19+/m1/s1. The number of ether oxygens (including phenoxy) is 2. The van der Waals surface area contributed by atoms with Crippen LogP contribution >= 0.6 is 0 Å². The molecule has 0 saturated carbocycles. The van der Waals surface area contributed by atoms with Crippen LogP contribution in [0.5, 0.6) is 0 Å². The molecule has 1 aliphatic carbocycles. The summed E-state index contributed by atoms with van der Waals surface area (Å²) in [6.45, 7) is 1.38. The number of carbonyl (C=O) groups excluding carboxylic acids is 3. The normalized spacial score (nSPS) is 14.2. The van der Waals surface area contributed by atoms with Crippen LogP contribution in [0.25, 0.3) is 11.1 Å². The SMILES string of the molecule is COC(=O)C(C(=O)OC)[C@@H](C)[C@H](NC(=O)C1c2ccccc2-c2ccccc21)C(=O)O. The van der Waals surface area contributed by atoms with Crippen molar-refractivity contribution in [1.29, 1.82) is 0 Å². The van der Waals surface area contributed by atoms with Crippen LogP contribution in [-0.4, -0.2) is 49.2 Å². The second kappa shape index (κ2) is 8.99. The first-order valence-corrected chi connectivity index (χ1v) is 9.68. The molecule has 162 valence electrons. The maximum atomic E-state index is 13.3. The van der Waals surface area contributed by atoms with Gasteiger partial charge < -0.3 is 19.9 Å². The molecular formula is C23H23NO7. The molecule has 1 aliphatic rings. The van der Waals surface area contributed by atoms with E-state index in [1.165, 1.54) is 6.92 Å². The number of methoxy groups -OCH3 is 2. The maximum absolute atomic E-state index is 13.3. The number of hydrogen-bond donors (Lipinski definition) is 2. The third kappa shape index (κ3) is 4.01. The molecule has 1 amide bonds. The number of hydrogen-bond acceptors (Lipinski definition) is 6. The van der Waals surface area contributed by atoms with Crippen molar-refractivity contribution < 1.29 is 33.8 Å². The molecule has 31 heavy (non-hydrogen) atoms. The zero-order valence-electron chi connectivity index (χ0n) is 17.3. The maximum Gasteiger partial charge on any atom is 0.326 e. The summed E-state index contributed by atoms with van der Waals surface area (Å²) >= 11 is 0. The van der Waals surface area contributed by atoms with Crippen LogP contribution < -0.4 is 5.32 Å². The van der Waals surface area contributed by atoms with E-state index in [9.17, 15) is 24.3 Å². The van der Waals surface area contributed by atoms with Gasteiger partial charge in [-0.05, 0) is 22.3 Å². The predicted molar refractivity (Wildman–Crippen MR) is 110 cm³/mol. The van der Waals surface area contributed by atoms with Gasteiger partial charge in [0.05, 0.1) is 20.1 Å². The smallest absolute Gasteiger partial charge is 0.326 e. The third-order valence-electron chi connectivity index (χ3n) is 5.62. The van der Waals surface area contributed by atoms with Crippen molar-refractivity contribution in [2.45, 2.75) is 18.9 Å². The quantitative estimate of drug-likeness (QED) is 0.514. The molecule has 2 aromatic carbocycles. The summed E-state index contributed by atoms with van der Waals surface area (Å²) in [5.74, 6) is -7.11. The fourth-order valence-corrected chi connectivity index (χ4v) is 4.06. The Morgan fingerprint density at radius 2 is 1.32 bits per heavy atom. The van der Waals surface area contributed by atoms with Crippen molar-refractivity contribution in [2.75, 3.05) is 14.2 Å². The molecule has 0 fully saturated rings. The fraction of sp³-hybridized carbons (Fsp3) is 0.304. The first kappa shape index (κ1) is 22.0. The average Bonchev–Trinajstić information content (AvgIpc) is 3.11. The highest BCUT2D eigenvalue weighted by Gasteiger charge is 2.43. The number of carboxylic acid groups (broad SMARTS) is 1. The summed E-state index contributed by atoms with van der Waals surface area (Å²) < 4.78 is 9.28. The highest BCUT2D eigenvalue weighted by Crippen LogP contribution is 2.44. The molecule has 0 saturated heterocycles. The zero-order valence-corrected chi connectivity index (χ0v) is 17.3. The van der Waals surface area contributed by atoms with E-state index in [0.29, 0.717) is 0 Å². The second-order valence-corrected chi connectivity index (χ2v) is 7.32. The number of amides is 1. The van der Waals surface area contributed by atoms with Crippen LogP contribution in [-0.2, 0) is 28.7 Å². The van der Waals surface area contributed by atoms with Crippen LogP contribution in [0.3, 0.4) is 0 Å². The summed E-state index contributed by atoms with van der Waals surface area (Å²) in [6.07, 6.45) is 0. The number of benzene rings is 2. The first-order valence-electron chi connectivity index (χ1n) is 9.68. The van der Waals surface area contributed by atoms with E-state index >= 15 is 0 Å². The predicted octanol–water partition coefficient (Wildman–Crippen LogP) is 1.97. The van der Waals surface area contributed by atoms with Crippen LogP contribution in [0.1, 0.15) is 24.0 Å². The minimum atomic E-state index is -1.52. The van der Waals surface area contributed by atoms with Gasteiger partial charge in [0.1, 0.15) is 6.04 Å². The molecule has 0 aromatic heterocycles. The monoisotopic (exact) mass is 425 g/mol. The Morgan fingerprint density at radius 1 is 0.871 bits per heavy atom. The van der Waals surface area contributed by atoms with Gasteiger partial charge in [0, 0.05) is 5.92 Å². The van der Waals surface area contributed by atoms with Gasteiger partial charge in [-0.1, -0.05) is 55.5 Å². The van der Waals surface area contributed by atoms with Crippen molar-refractivity contribution in [2.24, 2.45) is 11.8 Å². The van der Waals surface area contributed by atoms with E-state index in [1.54, 1.807) is 0 Å². The van der Waals surface area contributed by atoms with E-state index in [-0.39, 0.29) is 0 Å². The Balaban J connectivity index is 1.94. The lowest BCUT2D eigenvalue weighted by Crippen LogP contribution is -2.51. The topological polar surface area (TPSA) is 119 Å². The van der Waals surface area contributed by atoms with E-state index in [1.807, 2.05) is 48.5 Å². The highest BCUT2D eigenvalue weighted by molar-refractivity contribution is 5.99. The Hall–Kier alpha value is -3.68. The van der Waals surface area contributed by atoms with Crippen molar-refractivity contribution in [1.82, 2.24) is 5.32 Å². The molecule has 0 aliphatic heterocycles. The third-order valence-corrected chi connectivity index (χ3v) is 5.62. The number of fused-ring (bicyclic) bond motifs is 3. The Kier molecular flexibility index (Phi) is 6.39. The van der Waals surface area contributed by atoms with E-state index < -0.39 is 47.6 Å². The molecule has 0 spiro atoms. The summed E-state index contributed by atoms with van der Waals surface area (Å²) in [4.78, 5) is 49.5. The number of aliphatic carboxylic acids is 1. The van der Waals surface area contributed by atoms with Gasteiger partial charge in [-0.3, -0.25) is 14.4 Å². The number of carboxylic acids is 1. The fourth-order valence-electron chi connectivity index (χ4n) is 4.06. The summed E-state index contributed by atoms with van der Waals surface area (Å²) in [7, 11) is 2.18. The molecule has 0 unspecified atom stereocenters. The molecule has 0 radical (unpaired) electrons. The lowest BCUT2D eigenvalue weighted by Gasteiger charge is -2.27. The lowest BCUT2D eigenvalue weighted by atomic mass is 9.86. The minimum Gasteiger partial charge on any atom is -0.480 e. The second-order valence-electron chi connectivity index (χ2n) is 7.32. The van der Waals surface area contributed by atoms with Crippen molar-refractivity contribution in [3.8, 4) is 11.1 Å². The number of nitrogens with one attached hydrogen (secondary N) is 1. The first-order chi connectivity index (χ1) is 14.8. The summed E-state index contributed by atoms with van der Waals surface area (Å²) in [6, 6.07) is 13.3. The Morgan fingerprint density at radius 3 is 1.74 bits per heavy atom. The lowest BCUT2D eigenvalue weighted by molar-refractivity contribution is -0.163. The largest absolute Gasteiger partial charge is 0.480 e. The van der Waals surface area contributed by atoms with Crippen molar-refractivity contribution in [3.63, 3.8) is 0 Å². The van der Waals surface area contributed by atoms with Crippen LogP contribution in [0.2, 0.25) is 0 Å². The van der Waals surface area contributed by atoms with Crippen molar-refractivity contribution in [3.05, 3.63) is 59.7 Å². The Labute approximate surface area is 179 Å². The van der Waals surface area contributed by atoms with Gasteiger partial charge in [0.15, 0.2) is 5.92 Å². The van der Waals surface area contributed by atoms with Gasteiger partial charge in [-0.15, -0.1) is 0 Å². The van der Waals surface area contributed by atoms with Gasteiger partial charge in [0.2, 0.25) is 5.91 Å². The minimum absolute atomic E-state index is 0.537. The molecule has 2 aromatic rings. The molecule has 8 heteroatoms. The number of carbonyl (C=O) groups is 4. The zero-order chi connectivity index (χ0) is 22.7. The van der Waals surface area contributed by atoms with E-state index in [2.05, 4.69) is 14.8 Å². The van der Waals surface area contributed by atoms with Gasteiger partial charge in [-0.2, -0.15) is 0 Å².